The first-order chi connectivity index (χ1) is 15.4. The van der Waals surface area contributed by atoms with Crippen molar-refractivity contribution in [2.24, 2.45) is 0 Å². The summed E-state index contributed by atoms with van der Waals surface area (Å²) >= 11 is 0. The van der Waals surface area contributed by atoms with E-state index in [0.29, 0.717) is 32.0 Å². The highest BCUT2D eigenvalue weighted by Crippen LogP contribution is 2.29. The summed E-state index contributed by atoms with van der Waals surface area (Å²) in [6.07, 6.45) is -3.31. The van der Waals surface area contributed by atoms with E-state index in [1.165, 1.54) is 6.07 Å². The zero-order valence-electron chi connectivity index (χ0n) is 17.6. The van der Waals surface area contributed by atoms with Crippen LogP contribution in [0.1, 0.15) is 12.0 Å². The fraction of sp³-hybridized carbons (Fsp3) is 0.375. The Bertz CT molecular complexity index is 1030. The van der Waals surface area contributed by atoms with E-state index < -0.39 is 17.8 Å². The van der Waals surface area contributed by atoms with E-state index in [2.05, 4.69) is 9.88 Å². The van der Waals surface area contributed by atoms with Crippen molar-refractivity contribution in [3.8, 4) is 5.75 Å². The maximum Gasteiger partial charge on any atom is 0.417 e. The molecule has 170 valence electrons. The van der Waals surface area contributed by atoms with Gasteiger partial charge >= 0.3 is 6.18 Å². The number of hydrogen-bond acceptors (Lipinski definition) is 5. The molecule has 1 atom stereocenters. The predicted molar refractivity (Wildman–Crippen MR) is 118 cm³/mol. The fourth-order valence-electron chi connectivity index (χ4n) is 3.92. The van der Waals surface area contributed by atoms with E-state index in [0.717, 1.165) is 41.8 Å². The summed E-state index contributed by atoms with van der Waals surface area (Å²) in [5.41, 5.74) is -0.743. The Labute approximate surface area is 185 Å². The Morgan fingerprint density at radius 1 is 0.969 bits per heavy atom. The first kappa shape index (κ1) is 22.4. The maximum absolute atomic E-state index is 12.7. The number of aliphatic hydroxyl groups is 1. The van der Waals surface area contributed by atoms with Crippen molar-refractivity contribution < 1.29 is 23.0 Å². The molecule has 1 aromatic heterocycles. The van der Waals surface area contributed by atoms with Crippen LogP contribution < -0.4 is 9.64 Å². The molecule has 5 nitrogen and oxygen atoms in total. The number of alkyl halides is 3. The van der Waals surface area contributed by atoms with E-state index in [1.54, 1.807) is 0 Å². The molecule has 0 radical (unpaired) electrons. The third-order valence-electron chi connectivity index (χ3n) is 5.62. The molecule has 8 heteroatoms. The molecule has 32 heavy (non-hydrogen) atoms. The second-order valence-electron chi connectivity index (χ2n) is 8.02. The van der Waals surface area contributed by atoms with Crippen LogP contribution in [0, 0.1) is 0 Å². The van der Waals surface area contributed by atoms with Crippen LogP contribution >= 0.6 is 0 Å². The number of aromatic nitrogens is 1. The van der Waals surface area contributed by atoms with Crippen LogP contribution in [0.3, 0.4) is 0 Å². The van der Waals surface area contributed by atoms with Crippen LogP contribution in [0.5, 0.6) is 5.75 Å². The highest BCUT2D eigenvalue weighted by atomic mass is 19.4. The van der Waals surface area contributed by atoms with Gasteiger partial charge in [-0.15, -0.1) is 0 Å². The molecule has 1 aliphatic rings. The lowest BCUT2D eigenvalue weighted by molar-refractivity contribution is -0.137. The SMILES string of the molecule is OC(COc1ccc2ccccc2c1)CN1CCCN(c2ccc(C(F)(F)F)cn2)CC1. The Morgan fingerprint density at radius 3 is 2.53 bits per heavy atom. The Hall–Kier alpha value is -2.84. The molecule has 1 unspecified atom stereocenters. The van der Waals surface area contributed by atoms with Crippen LogP contribution in [-0.4, -0.2) is 60.4 Å². The molecule has 1 N–H and O–H groups in total. The molecule has 0 aliphatic carbocycles. The van der Waals surface area contributed by atoms with E-state index in [1.807, 2.05) is 47.4 Å². The number of pyridine rings is 1. The van der Waals surface area contributed by atoms with E-state index in [-0.39, 0.29) is 6.61 Å². The molecule has 0 spiro atoms. The molecule has 4 rings (SSSR count). The van der Waals surface area contributed by atoms with Crippen molar-refractivity contribution in [1.29, 1.82) is 0 Å². The van der Waals surface area contributed by atoms with E-state index in [9.17, 15) is 18.3 Å². The van der Waals surface area contributed by atoms with E-state index in [4.69, 9.17) is 4.74 Å². The topological polar surface area (TPSA) is 48.8 Å². The Kier molecular flexibility index (Phi) is 6.81. The van der Waals surface area contributed by atoms with Gasteiger partial charge in [0.05, 0.1) is 5.56 Å². The number of ether oxygens (including phenoxy) is 1. The van der Waals surface area contributed by atoms with Gasteiger partial charge in [-0.25, -0.2) is 4.98 Å². The lowest BCUT2D eigenvalue weighted by Crippen LogP contribution is -2.38. The monoisotopic (exact) mass is 445 g/mol. The summed E-state index contributed by atoms with van der Waals surface area (Å²) in [7, 11) is 0. The minimum Gasteiger partial charge on any atom is -0.491 e. The summed E-state index contributed by atoms with van der Waals surface area (Å²) in [5.74, 6) is 1.26. The van der Waals surface area contributed by atoms with Crippen LogP contribution in [0.2, 0.25) is 0 Å². The van der Waals surface area contributed by atoms with Gasteiger partial charge in [0.1, 0.15) is 24.3 Å². The summed E-state index contributed by atoms with van der Waals surface area (Å²) in [6.45, 7) is 3.50. The first-order valence-corrected chi connectivity index (χ1v) is 10.7. The van der Waals surface area contributed by atoms with Gasteiger partial charge < -0.3 is 14.7 Å². The number of anilines is 1. The van der Waals surface area contributed by atoms with Gasteiger partial charge in [0, 0.05) is 32.4 Å². The Morgan fingerprint density at radius 2 is 1.78 bits per heavy atom. The largest absolute Gasteiger partial charge is 0.491 e. The molecule has 0 amide bonds. The molecule has 2 aromatic carbocycles. The summed E-state index contributed by atoms with van der Waals surface area (Å²) in [5, 5.41) is 12.7. The van der Waals surface area contributed by atoms with Gasteiger partial charge in [0.2, 0.25) is 0 Å². The molecule has 0 saturated carbocycles. The van der Waals surface area contributed by atoms with Crippen molar-refractivity contribution in [3.05, 3.63) is 66.4 Å². The van der Waals surface area contributed by atoms with Gasteiger partial charge in [0.15, 0.2) is 0 Å². The maximum atomic E-state index is 12.7. The van der Waals surface area contributed by atoms with Gasteiger partial charge in [-0.1, -0.05) is 30.3 Å². The van der Waals surface area contributed by atoms with Gasteiger partial charge in [-0.2, -0.15) is 13.2 Å². The molecule has 0 bridgehead atoms. The van der Waals surface area contributed by atoms with Gasteiger partial charge in [-0.05, 0) is 48.0 Å². The van der Waals surface area contributed by atoms with Crippen LogP contribution in [0.15, 0.2) is 60.8 Å². The second kappa shape index (κ2) is 9.75. The number of β-amino-alcohol motifs (C(OH)–C–C–N with tert-alkyl or cyclic N) is 1. The fourth-order valence-corrected chi connectivity index (χ4v) is 3.92. The zero-order chi connectivity index (χ0) is 22.6. The highest BCUT2D eigenvalue weighted by molar-refractivity contribution is 5.83. The number of rotatable bonds is 6. The third kappa shape index (κ3) is 5.69. The second-order valence-corrected chi connectivity index (χ2v) is 8.02. The smallest absolute Gasteiger partial charge is 0.417 e. The first-order valence-electron chi connectivity index (χ1n) is 10.7. The molecule has 1 fully saturated rings. The lowest BCUT2D eigenvalue weighted by atomic mass is 10.1. The molecule has 1 saturated heterocycles. The van der Waals surface area contributed by atoms with Crippen molar-refractivity contribution in [2.45, 2.75) is 18.7 Å². The van der Waals surface area contributed by atoms with Crippen molar-refractivity contribution >= 4 is 16.6 Å². The molecule has 2 heterocycles. The third-order valence-corrected chi connectivity index (χ3v) is 5.62. The number of fused-ring (bicyclic) bond motifs is 1. The summed E-state index contributed by atoms with van der Waals surface area (Å²) in [4.78, 5) is 8.13. The van der Waals surface area contributed by atoms with Crippen LogP contribution in [-0.2, 0) is 6.18 Å². The zero-order valence-corrected chi connectivity index (χ0v) is 17.6. The number of nitrogens with zero attached hydrogens (tertiary/aromatic N) is 3. The Balaban J connectivity index is 1.26. The van der Waals surface area contributed by atoms with Gasteiger partial charge in [-0.3, -0.25) is 4.90 Å². The van der Waals surface area contributed by atoms with Crippen molar-refractivity contribution in [1.82, 2.24) is 9.88 Å². The molecule has 3 aromatic rings. The number of benzene rings is 2. The van der Waals surface area contributed by atoms with Crippen molar-refractivity contribution in [3.63, 3.8) is 0 Å². The van der Waals surface area contributed by atoms with Gasteiger partial charge in [0.25, 0.3) is 0 Å². The minimum atomic E-state index is -4.38. The summed E-state index contributed by atoms with van der Waals surface area (Å²) in [6, 6.07) is 16.4. The average Bonchev–Trinajstić information content (AvgIpc) is 3.02. The molecular formula is C24H26F3N3O2. The molecular weight excluding hydrogens is 419 g/mol. The highest BCUT2D eigenvalue weighted by Gasteiger charge is 2.31. The van der Waals surface area contributed by atoms with Crippen LogP contribution in [0.25, 0.3) is 10.8 Å². The van der Waals surface area contributed by atoms with E-state index >= 15 is 0 Å². The summed E-state index contributed by atoms with van der Waals surface area (Å²) < 4.78 is 44.0. The quantitative estimate of drug-likeness (QED) is 0.616. The molecule has 1 aliphatic heterocycles. The number of hydrogen-bond donors (Lipinski definition) is 1. The standard InChI is InChI=1S/C24H26F3N3O2/c25-24(26,27)20-7-9-23(28-15-20)30-11-3-10-29(12-13-30)16-21(31)17-32-22-8-6-18-4-1-2-5-19(18)14-22/h1-2,4-9,14-15,21,31H,3,10-13,16-17H2. The minimum absolute atomic E-state index is 0.193. The average molecular weight is 445 g/mol. The van der Waals surface area contributed by atoms with Crippen LogP contribution in [0.4, 0.5) is 19.0 Å². The number of halogens is 3. The predicted octanol–water partition coefficient (Wildman–Crippen LogP) is 4.21. The lowest BCUT2D eigenvalue weighted by Gasteiger charge is -2.24. The number of aliphatic hydroxyl groups excluding tert-OH is 1. The van der Waals surface area contributed by atoms with Crippen molar-refractivity contribution in [2.75, 3.05) is 44.2 Å². The normalized spacial score (nSPS) is 16.7.